The highest BCUT2D eigenvalue weighted by molar-refractivity contribution is 5.34. The van der Waals surface area contributed by atoms with Crippen molar-refractivity contribution >= 4 is 5.82 Å². The van der Waals surface area contributed by atoms with E-state index < -0.39 is 6.10 Å². The predicted molar refractivity (Wildman–Crippen MR) is 98.2 cm³/mol. The Morgan fingerprint density at radius 3 is 2.64 bits per heavy atom. The lowest BCUT2D eigenvalue weighted by Crippen LogP contribution is -3.16. The number of nitrogens with zero attached hydrogens (tertiary/aromatic N) is 1. The van der Waals surface area contributed by atoms with Gasteiger partial charge in [-0.2, -0.15) is 0 Å². The highest BCUT2D eigenvalue weighted by atomic mass is 16.5. The molecule has 0 saturated carbocycles. The van der Waals surface area contributed by atoms with Gasteiger partial charge >= 0.3 is 0 Å². The third-order valence-corrected chi connectivity index (χ3v) is 4.95. The summed E-state index contributed by atoms with van der Waals surface area (Å²) < 4.78 is 5.76. The molecule has 5 heteroatoms. The van der Waals surface area contributed by atoms with E-state index in [0.717, 1.165) is 38.5 Å². The van der Waals surface area contributed by atoms with Gasteiger partial charge in [-0.25, -0.2) is 4.98 Å². The number of ether oxygens (including phenoxy) is 1. The summed E-state index contributed by atoms with van der Waals surface area (Å²) in [5.41, 5.74) is 2.47. The van der Waals surface area contributed by atoms with Crippen LogP contribution in [0.2, 0.25) is 0 Å². The number of nitrogens with one attached hydrogen (secondary N) is 2. The normalized spacial score (nSPS) is 16.7. The van der Waals surface area contributed by atoms with Crippen LogP contribution in [0.3, 0.4) is 0 Å². The SMILES string of the molecule is Cc1ccc(OC[C@H](O)C[NH+]2CCN(c3cccc[nH+]3)CC2)cc1C. The minimum absolute atomic E-state index is 0.349. The van der Waals surface area contributed by atoms with Crippen LogP contribution in [-0.2, 0) is 0 Å². The van der Waals surface area contributed by atoms with Crippen LogP contribution in [0.4, 0.5) is 5.82 Å². The summed E-state index contributed by atoms with van der Waals surface area (Å²) in [5.74, 6) is 2.00. The molecule has 0 spiro atoms. The van der Waals surface area contributed by atoms with Gasteiger partial charge in [0.15, 0.2) is 0 Å². The first-order valence-corrected chi connectivity index (χ1v) is 9.05. The zero-order chi connectivity index (χ0) is 17.6. The van der Waals surface area contributed by atoms with E-state index in [2.05, 4.69) is 41.9 Å². The van der Waals surface area contributed by atoms with Crippen molar-refractivity contribution < 1.29 is 19.7 Å². The fraction of sp³-hybridized carbons (Fsp3) is 0.450. The Bertz CT molecular complexity index is 670. The van der Waals surface area contributed by atoms with Crippen molar-refractivity contribution in [1.29, 1.82) is 0 Å². The standard InChI is InChI=1S/C20H27N3O2/c1-16-6-7-19(13-17(16)2)25-15-18(24)14-22-9-11-23(12-10-22)20-5-3-4-8-21-20/h3-8,13,18,24H,9-12,14-15H2,1-2H3/p+2/t18-/m1/s1. The first-order valence-electron chi connectivity index (χ1n) is 9.05. The van der Waals surface area contributed by atoms with Crippen LogP contribution in [0.1, 0.15) is 11.1 Å². The molecule has 1 atom stereocenters. The zero-order valence-corrected chi connectivity index (χ0v) is 15.2. The lowest BCUT2D eigenvalue weighted by atomic mass is 10.1. The summed E-state index contributed by atoms with van der Waals surface area (Å²) >= 11 is 0. The zero-order valence-electron chi connectivity index (χ0n) is 15.2. The summed E-state index contributed by atoms with van der Waals surface area (Å²) in [6.45, 7) is 9.31. The molecule has 5 nitrogen and oxygen atoms in total. The predicted octanol–water partition coefficient (Wildman–Crippen LogP) is 0.262. The number of aliphatic hydroxyl groups excluding tert-OH is 1. The number of pyridine rings is 1. The Kier molecular flexibility index (Phi) is 5.89. The van der Waals surface area contributed by atoms with Crippen LogP contribution in [0.5, 0.6) is 5.75 Å². The number of piperazine rings is 1. The van der Waals surface area contributed by atoms with E-state index in [1.807, 2.05) is 24.4 Å². The van der Waals surface area contributed by atoms with E-state index in [1.165, 1.54) is 21.8 Å². The molecule has 1 aliphatic rings. The van der Waals surface area contributed by atoms with Gasteiger partial charge in [0.1, 0.15) is 51.2 Å². The molecular weight excluding hydrogens is 314 g/mol. The Morgan fingerprint density at radius 1 is 1.16 bits per heavy atom. The van der Waals surface area contributed by atoms with E-state index in [0.29, 0.717) is 6.61 Å². The third-order valence-electron chi connectivity index (χ3n) is 4.95. The van der Waals surface area contributed by atoms with Gasteiger partial charge in [-0.3, -0.25) is 4.90 Å². The van der Waals surface area contributed by atoms with E-state index >= 15 is 0 Å². The average Bonchev–Trinajstić information content (AvgIpc) is 2.64. The summed E-state index contributed by atoms with van der Waals surface area (Å²) in [5, 5.41) is 10.3. The number of aromatic amines is 1. The molecule has 3 N–H and O–H groups in total. The molecule has 1 fully saturated rings. The quantitative estimate of drug-likeness (QED) is 0.791. The summed E-state index contributed by atoms with van der Waals surface area (Å²) in [6, 6.07) is 12.2. The molecule has 3 rings (SSSR count). The fourth-order valence-electron chi connectivity index (χ4n) is 3.24. The lowest BCUT2D eigenvalue weighted by Gasteiger charge is -2.29. The van der Waals surface area contributed by atoms with Crippen LogP contribution in [-0.4, -0.2) is 50.5 Å². The van der Waals surface area contributed by atoms with E-state index in [9.17, 15) is 5.11 Å². The van der Waals surface area contributed by atoms with Crippen molar-refractivity contribution in [3.8, 4) is 5.75 Å². The van der Waals surface area contributed by atoms with E-state index in [4.69, 9.17) is 4.74 Å². The van der Waals surface area contributed by atoms with Gasteiger partial charge in [-0.15, -0.1) is 0 Å². The molecule has 0 unspecified atom stereocenters. The topological polar surface area (TPSA) is 51.3 Å². The maximum Gasteiger partial charge on any atom is 0.274 e. The Hall–Kier alpha value is -2.11. The molecule has 1 saturated heterocycles. The fourth-order valence-corrected chi connectivity index (χ4v) is 3.24. The van der Waals surface area contributed by atoms with Crippen molar-refractivity contribution in [2.45, 2.75) is 20.0 Å². The molecule has 0 aliphatic carbocycles. The number of aromatic nitrogens is 1. The van der Waals surface area contributed by atoms with Gasteiger partial charge in [-0.05, 0) is 43.2 Å². The monoisotopic (exact) mass is 343 g/mol. The second-order valence-electron chi connectivity index (χ2n) is 6.90. The van der Waals surface area contributed by atoms with Crippen molar-refractivity contribution in [3.05, 3.63) is 53.7 Å². The van der Waals surface area contributed by atoms with Crippen molar-refractivity contribution in [1.82, 2.24) is 0 Å². The number of rotatable bonds is 6. The molecule has 0 radical (unpaired) electrons. The Labute approximate surface area is 149 Å². The second-order valence-corrected chi connectivity index (χ2v) is 6.90. The van der Waals surface area contributed by atoms with Gasteiger partial charge < -0.3 is 14.7 Å². The minimum Gasteiger partial charge on any atom is -0.491 e. The molecule has 0 bridgehead atoms. The van der Waals surface area contributed by atoms with Gasteiger partial charge in [0.2, 0.25) is 0 Å². The third kappa shape index (κ3) is 4.94. The van der Waals surface area contributed by atoms with Crippen molar-refractivity contribution in [2.75, 3.05) is 44.2 Å². The molecule has 1 aromatic heterocycles. The summed E-state index contributed by atoms with van der Waals surface area (Å²) in [6.07, 6.45) is 1.52. The highest BCUT2D eigenvalue weighted by Crippen LogP contribution is 2.16. The molecule has 134 valence electrons. The largest absolute Gasteiger partial charge is 0.491 e. The van der Waals surface area contributed by atoms with E-state index in [1.54, 1.807) is 0 Å². The maximum absolute atomic E-state index is 10.3. The number of hydrogen-bond acceptors (Lipinski definition) is 3. The second kappa shape index (κ2) is 8.32. The lowest BCUT2D eigenvalue weighted by molar-refractivity contribution is -0.903. The Morgan fingerprint density at radius 2 is 1.96 bits per heavy atom. The molecule has 2 aromatic rings. The van der Waals surface area contributed by atoms with Crippen molar-refractivity contribution in [2.24, 2.45) is 0 Å². The van der Waals surface area contributed by atoms with Crippen LogP contribution < -0.4 is 19.5 Å². The number of hydrogen-bond donors (Lipinski definition) is 2. The first-order chi connectivity index (χ1) is 12.1. The molecular formula is C20H29N3O2+2. The van der Waals surface area contributed by atoms with Crippen molar-refractivity contribution in [3.63, 3.8) is 0 Å². The number of benzene rings is 1. The average molecular weight is 343 g/mol. The van der Waals surface area contributed by atoms with E-state index in [-0.39, 0.29) is 0 Å². The molecule has 2 heterocycles. The maximum atomic E-state index is 10.3. The summed E-state index contributed by atoms with van der Waals surface area (Å²) in [4.78, 5) is 7.08. The number of H-pyrrole nitrogens is 1. The molecule has 1 aromatic carbocycles. The number of anilines is 1. The number of aliphatic hydroxyl groups is 1. The highest BCUT2D eigenvalue weighted by Gasteiger charge is 2.27. The van der Waals surface area contributed by atoms with Gasteiger partial charge in [0.05, 0.1) is 6.20 Å². The van der Waals surface area contributed by atoms with Gasteiger partial charge in [-0.1, -0.05) is 12.1 Å². The molecule has 0 amide bonds. The van der Waals surface area contributed by atoms with Crippen LogP contribution in [0.25, 0.3) is 0 Å². The van der Waals surface area contributed by atoms with Gasteiger partial charge in [0, 0.05) is 6.07 Å². The number of quaternary nitrogens is 1. The minimum atomic E-state index is -0.438. The van der Waals surface area contributed by atoms with Crippen LogP contribution >= 0.6 is 0 Å². The van der Waals surface area contributed by atoms with Crippen LogP contribution in [0, 0.1) is 13.8 Å². The molecule has 25 heavy (non-hydrogen) atoms. The smallest absolute Gasteiger partial charge is 0.274 e. The van der Waals surface area contributed by atoms with Gasteiger partial charge in [0.25, 0.3) is 5.82 Å². The summed E-state index contributed by atoms with van der Waals surface area (Å²) in [7, 11) is 0. The number of aryl methyl sites for hydroxylation is 2. The van der Waals surface area contributed by atoms with Crippen LogP contribution in [0.15, 0.2) is 42.6 Å². The molecule has 1 aliphatic heterocycles. The first kappa shape index (κ1) is 17.7. The Balaban J connectivity index is 1.41.